The van der Waals surface area contributed by atoms with Crippen LogP contribution in [0.25, 0.3) is 5.69 Å². The molecular formula is C24H35N7O. The van der Waals surface area contributed by atoms with Gasteiger partial charge in [0.15, 0.2) is 5.96 Å². The molecule has 1 aromatic heterocycles. The fourth-order valence-electron chi connectivity index (χ4n) is 4.62. The molecule has 2 saturated heterocycles. The van der Waals surface area contributed by atoms with Crippen LogP contribution < -0.4 is 5.32 Å². The molecule has 4 rings (SSSR count). The molecule has 2 aromatic rings. The van der Waals surface area contributed by atoms with Gasteiger partial charge in [-0.15, -0.1) is 0 Å². The van der Waals surface area contributed by atoms with Crippen molar-refractivity contribution in [3.8, 4) is 5.69 Å². The van der Waals surface area contributed by atoms with E-state index in [0.29, 0.717) is 13.1 Å². The summed E-state index contributed by atoms with van der Waals surface area (Å²) < 4.78 is 2.01. The molecule has 0 bridgehead atoms. The first-order valence-electron chi connectivity index (χ1n) is 11.6. The molecule has 0 radical (unpaired) electrons. The molecule has 0 saturated carbocycles. The number of rotatable bonds is 5. The normalized spacial score (nSPS) is 17.8. The van der Waals surface area contributed by atoms with Crippen molar-refractivity contribution in [3.63, 3.8) is 0 Å². The molecule has 32 heavy (non-hydrogen) atoms. The summed E-state index contributed by atoms with van der Waals surface area (Å²) in [5.74, 6) is 1.18. The molecule has 2 aliphatic rings. The smallest absolute Gasteiger partial charge is 0.236 e. The van der Waals surface area contributed by atoms with E-state index in [2.05, 4.69) is 56.4 Å². The zero-order valence-corrected chi connectivity index (χ0v) is 19.5. The van der Waals surface area contributed by atoms with Gasteiger partial charge in [0, 0.05) is 58.6 Å². The quantitative estimate of drug-likeness (QED) is 0.571. The van der Waals surface area contributed by atoms with Gasteiger partial charge in [-0.1, -0.05) is 18.2 Å². The van der Waals surface area contributed by atoms with Crippen molar-refractivity contribution < 1.29 is 4.79 Å². The summed E-state index contributed by atoms with van der Waals surface area (Å²) in [6.45, 7) is 10.7. The van der Waals surface area contributed by atoms with Crippen molar-refractivity contribution in [2.45, 2.75) is 33.2 Å². The summed E-state index contributed by atoms with van der Waals surface area (Å²) in [6.07, 6.45) is 2.29. The second kappa shape index (κ2) is 10.2. The zero-order chi connectivity index (χ0) is 22.5. The highest BCUT2D eigenvalue weighted by Gasteiger charge is 2.24. The van der Waals surface area contributed by atoms with E-state index in [0.717, 1.165) is 75.1 Å². The molecule has 0 atom stereocenters. The molecule has 0 unspecified atom stereocenters. The number of carbonyl (C=O) groups excluding carboxylic acids is 1. The van der Waals surface area contributed by atoms with Crippen molar-refractivity contribution in [1.29, 1.82) is 0 Å². The number of para-hydroxylation sites is 1. The van der Waals surface area contributed by atoms with E-state index in [1.54, 1.807) is 0 Å². The van der Waals surface area contributed by atoms with Gasteiger partial charge in [0.05, 0.1) is 17.9 Å². The second-order valence-electron chi connectivity index (χ2n) is 8.72. The molecule has 172 valence electrons. The molecule has 1 aromatic carbocycles. The number of nitrogens with one attached hydrogen (secondary N) is 1. The highest BCUT2D eigenvalue weighted by molar-refractivity contribution is 5.80. The Kier molecular flexibility index (Phi) is 7.09. The van der Waals surface area contributed by atoms with Crippen LogP contribution in [0.3, 0.4) is 0 Å². The van der Waals surface area contributed by atoms with Gasteiger partial charge in [-0.3, -0.25) is 14.7 Å². The maximum atomic E-state index is 12.4. The van der Waals surface area contributed by atoms with Crippen molar-refractivity contribution in [3.05, 3.63) is 47.3 Å². The third-order valence-corrected chi connectivity index (χ3v) is 6.37. The van der Waals surface area contributed by atoms with Gasteiger partial charge in [0.2, 0.25) is 5.91 Å². The van der Waals surface area contributed by atoms with Crippen LogP contribution in [0.4, 0.5) is 0 Å². The minimum absolute atomic E-state index is 0.277. The number of likely N-dealkylation sites (tertiary alicyclic amines) is 1. The Morgan fingerprint density at radius 1 is 1.03 bits per heavy atom. The van der Waals surface area contributed by atoms with E-state index in [9.17, 15) is 4.79 Å². The molecule has 3 heterocycles. The van der Waals surface area contributed by atoms with Crippen LogP contribution in [0.1, 0.15) is 29.8 Å². The topological polar surface area (TPSA) is 69.0 Å². The molecule has 1 N–H and O–H groups in total. The third kappa shape index (κ3) is 5.12. The average Bonchev–Trinajstić information content (AvgIpc) is 3.45. The predicted molar refractivity (Wildman–Crippen MR) is 127 cm³/mol. The van der Waals surface area contributed by atoms with Crippen molar-refractivity contribution >= 4 is 11.9 Å². The Morgan fingerprint density at radius 3 is 2.41 bits per heavy atom. The largest absolute Gasteiger partial charge is 0.352 e. The fourth-order valence-corrected chi connectivity index (χ4v) is 4.62. The lowest BCUT2D eigenvalue weighted by atomic mass is 10.1. The lowest BCUT2D eigenvalue weighted by molar-refractivity contribution is -0.131. The number of hydrogen-bond donors (Lipinski definition) is 1. The molecule has 1 amide bonds. The Balaban J connectivity index is 1.32. The number of aromatic nitrogens is 2. The lowest BCUT2D eigenvalue weighted by Gasteiger charge is -2.36. The number of hydrogen-bond acceptors (Lipinski definition) is 4. The number of aryl methyl sites for hydroxylation is 2. The van der Waals surface area contributed by atoms with E-state index >= 15 is 0 Å². The summed E-state index contributed by atoms with van der Waals surface area (Å²) >= 11 is 0. The van der Waals surface area contributed by atoms with Gasteiger partial charge < -0.3 is 15.1 Å². The second-order valence-corrected chi connectivity index (χ2v) is 8.72. The zero-order valence-electron chi connectivity index (χ0n) is 19.5. The van der Waals surface area contributed by atoms with E-state index in [1.807, 2.05) is 29.6 Å². The van der Waals surface area contributed by atoms with Crippen LogP contribution in [0, 0.1) is 13.8 Å². The van der Waals surface area contributed by atoms with Crippen LogP contribution >= 0.6 is 0 Å². The molecule has 8 nitrogen and oxygen atoms in total. The summed E-state index contributed by atoms with van der Waals surface area (Å²) in [6, 6.07) is 10.4. The molecular weight excluding hydrogens is 402 g/mol. The minimum Gasteiger partial charge on any atom is -0.352 e. The van der Waals surface area contributed by atoms with Gasteiger partial charge >= 0.3 is 0 Å². The maximum Gasteiger partial charge on any atom is 0.236 e. The molecule has 8 heteroatoms. The monoisotopic (exact) mass is 437 g/mol. The van der Waals surface area contributed by atoms with Crippen molar-refractivity contribution in [2.75, 3.05) is 52.9 Å². The summed E-state index contributed by atoms with van der Waals surface area (Å²) in [4.78, 5) is 23.5. The summed E-state index contributed by atoms with van der Waals surface area (Å²) in [5, 5.41) is 8.18. The standard InChI is InChI=1S/C24H35N7O/c1-19-16-20(2)31(27-19)22-9-5-4-8-21(22)17-26-24(25-3)30-14-12-28(13-15-30)18-23(32)29-10-6-7-11-29/h4-5,8-9,16H,6-7,10-15,17-18H2,1-3H3,(H,25,26). The molecule has 0 aliphatic carbocycles. The van der Waals surface area contributed by atoms with Crippen molar-refractivity contribution in [1.82, 2.24) is 29.8 Å². The van der Waals surface area contributed by atoms with Gasteiger partial charge in [0.25, 0.3) is 0 Å². The highest BCUT2D eigenvalue weighted by Crippen LogP contribution is 2.17. The van der Waals surface area contributed by atoms with Gasteiger partial charge in [0.1, 0.15) is 0 Å². The van der Waals surface area contributed by atoms with Gasteiger partial charge in [-0.2, -0.15) is 5.10 Å². The Hall–Kier alpha value is -2.87. The van der Waals surface area contributed by atoms with E-state index < -0.39 is 0 Å². The maximum absolute atomic E-state index is 12.4. The number of benzene rings is 1. The number of amides is 1. The molecule has 2 fully saturated rings. The first kappa shape index (κ1) is 22.3. The Bertz CT molecular complexity index is 953. The average molecular weight is 438 g/mol. The predicted octanol–water partition coefficient (Wildman–Crippen LogP) is 1.80. The number of aliphatic imine (C=N–C) groups is 1. The van der Waals surface area contributed by atoms with E-state index in [1.165, 1.54) is 5.56 Å². The van der Waals surface area contributed by atoms with Gasteiger partial charge in [-0.25, -0.2) is 4.68 Å². The lowest BCUT2D eigenvalue weighted by Crippen LogP contribution is -2.54. The number of carbonyl (C=O) groups is 1. The molecule has 0 spiro atoms. The van der Waals surface area contributed by atoms with Crippen LogP contribution in [0.5, 0.6) is 0 Å². The van der Waals surface area contributed by atoms with Crippen LogP contribution in [-0.4, -0.2) is 89.2 Å². The number of piperazine rings is 1. The fraction of sp³-hybridized carbons (Fsp3) is 0.542. The SMILES string of the molecule is CN=C(NCc1ccccc1-n1nc(C)cc1C)N1CCN(CC(=O)N2CCCC2)CC1. The summed E-state index contributed by atoms with van der Waals surface area (Å²) in [7, 11) is 1.83. The number of guanidine groups is 1. The minimum atomic E-state index is 0.277. The third-order valence-electron chi connectivity index (χ3n) is 6.37. The van der Waals surface area contributed by atoms with Crippen LogP contribution in [0.2, 0.25) is 0 Å². The van der Waals surface area contributed by atoms with Gasteiger partial charge in [-0.05, 0) is 44.4 Å². The number of nitrogens with zero attached hydrogens (tertiary/aromatic N) is 6. The first-order chi connectivity index (χ1) is 15.5. The highest BCUT2D eigenvalue weighted by atomic mass is 16.2. The Morgan fingerprint density at radius 2 is 1.75 bits per heavy atom. The van der Waals surface area contributed by atoms with Crippen LogP contribution in [0.15, 0.2) is 35.3 Å². The Labute approximate surface area is 190 Å². The van der Waals surface area contributed by atoms with Crippen LogP contribution in [-0.2, 0) is 11.3 Å². The molecule has 2 aliphatic heterocycles. The van der Waals surface area contributed by atoms with Crippen molar-refractivity contribution in [2.24, 2.45) is 4.99 Å². The van der Waals surface area contributed by atoms with E-state index in [4.69, 9.17) is 0 Å². The first-order valence-corrected chi connectivity index (χ1v) is 11.6. The van der Waals surface area contributed by atoms with E-state index in [-0.39, 0.29) is 5.91 Å². The summed E-state index contributed by atoms with van der Waals surface area (Å²) in [5.41, 5.74) is 4.40.